The predicted molar refractivity (Wildman–Crippen MR) is 79.7 cm³/mol. The Balaban J connectivity index is 3.48. The molecule has 0 bridgehead atoms. The van der Waals surface area contributed by atoms with E-state index in [1.807, 2.05) is 17.7 Å². The molecule has 0 unspecified atom stereocenters. The summed E-state index contributed by atoms with van der Waals surface area (Å²) in [6, 6.07) is 0. The zero-order chi connectivity index (χ0) is 13.7. The minimum Gasteiger partial charge on any atom is -0.302 e. The Hall–Kier alpha value is -1.36. The second-order valence-corrected chi connectivity index (χ2v) is 4.83. The van der Waals surface area contributed by atoms with Gasteiger partial charge in [0.2, 0.25) is 6.41 Å². The van der Waals surface area contributed by atoms with Crippen molar-refractivity contribution < 1.29 is 4.79 Å². The van der Waals surface area contributed by atoms with Crippen LogP contribution in [0, 0.1) is 0 Å². The van der Waals surface area contributed by atoms with Crippen LogP contribution in [0.5, 0.6) is 0 Å². The quantitative estimate of drug-likeness (QED) is 0.756. The lowest BCUT2D eigenvalue weighted by molar-refractivity contribution is -0.107. The Kier molecular flexibility index (Phi) is 5.34. The average molecular weight is 312 g/mol. The molecule has 0 fully saturated rings. The Morgan fingerprint density at radius 1 is 1.56 bits per heavy atom. The third kappa shape index (κ3) is 2.90. The van der Waals surface area contributed by atoms with Crippen LogP contribution in [0.25, 0.3) is 12.3 Å². The monoisotopic (exact) mass is 311 g/mol. The second kappa shape index (κ2) is 6.54. The van der Waals surface area contributed by atoms with E-state index in [-0.39, 0.29) is 0 Å². The minimum absolute atomic E-state index is 0.737. The van der Waals surface area contributed by atoms with E-state index in [1.54, 1.807) is 13.1 Å². The normalized spacial score (nSPS) is 11.4. The van der Waals surface area contributed by atoms with Crippen molar-refractivity contribution in [3.05, 3.63) is 22.6 Å². The van der Waals surface area contributed by atoms with Crippen LogP contribution in [0.3, 0.4) is 0 Å². The van der Waals surface area contributed by atoms with E-state index in [0.29, 0.717) is 0 Å². The van der Waals surface area contributed by atoms with Crippen LogP contribution in [0.1, 0.15) is 31.8 Å². The molecule has 0 saturated carbocycles. The highest BCUT2D eigenvalue weighted by atomic mass is 79.9. The van der Waals surface area contributed by atoms with Gasteiger partial charge in [-0.2, -0.15) is 0 Å². The van der Waals surface area contributed by atoms with Crippen LogP contribution in [0.15, 0.2) is 11.1 Å². The van der Waals surface area contributed by atoms with Gasteiger partial charge in [0.05, 0.1) is 5.69 Å². The molecule has 98 valence electrons. The topological polar surface area (TPSA) is 38.1 Å². The largest absolute Gasteiger partial charge is 0.302 e. The van der Waals surface area contributed by atoms with Crippen molar-refractivity contribution in [3.8, 4) is 0 Å². The number of carbonyl (C=O) groups excluding carboxylic acids is 1. The van der Waals surface area contributed by atoms with Crippen LogP contribution in [0.2, 0.25) is 0 Å². The molecular formula is C13H18BrN3O. The summed E-state index contributed by atoms with van der Waals surface area (Å²) in [6.45, 7) is 7.83. The third-order valence-corrected chi connectivity index (χ3v) is 3.36. The number of rotatable bonds is 6. The summed E-state index contributed by atoms with van der Waals surface area (Å²) in [7, 11) is 1.72. The van der Waals surface area contributed by atoms with Gasteiger partial charge in [-0.05, 0) is 18.9 Å². The lowest BCUT2D eigenvalue weighted by Gasteiger charge is -2.14. The molecule has 4 nitrogen and oxygen atoms in total. The highest BCUT2D eigenvalue weighted by Gasteiger charge is 2.16. The smallest absolute Gasteiger partial charge is 0.215 e. The van der Waals surface area contributed by atoms with Crippen molar-refractivity contribution in [2.24, 2.45) is 0 Å². The van der Waals surface area contributed by atoms with Gasteiger partial charge in [-0.25, -0.2) is 4.98 Å². The molecule has 1 aromatic heterocycles. The second-order valence-electron chi connectivity index (χ2n) is 3.81. The first kappa shape index (κ1) is 14.7. The summed E-state index contributed by atoms with van der Waals surface area (Å²) in [6.07, 6.45) is 6.04. The van der Waals surface area contributed by atoms with Gasteiger partial charge in [0, 0.05) is 17.7 Å². The van der Waals surface area contributed by atoms with Crippen molar-refractivity contribution in [1.29, 1.82) is 0 Å². The first-order valence-corrected chi connectivity index (χ1v) is 6.66. The maximum absolute atomic E-state index is 11.0. The lowest BCUT2D eigenvalue weighted by atomic mass is 10.3. The highest BCUT2D eigenvalue weighted by Crippen LogP contribution is 2.25. The average Bonchev–Trinajstić information content (AvgIpc) is 2.75. The van der Waals surface area contributed by atoms with Gasteiger partial charge in [0.15, 0.2) is 0 Å². The van der Waals surface area contributed by atoms with Gasteiger partial charge in [-0.1, -0.05) is 36.4 Å². The predicted octanol–water partition coefficient (Wildman–Crippen LogP) is 3.28. The zero-order valence-corrected chi connectivity index (χ0v) is 12.6. The van der Waals surface area contributed by atoms with E-state index in [1.165, 1.54) is 4.90 Å². The Labute approximate surface area is 116 Å². The number of carbonyl (C=O) groups is 1. The fourth-order valence-electron chi connectivity index (χ4n) is 1.65. The molecule has 18 heavy (non-hydrogen) atoms. The zero-order valence-electron chi connectivity index (χ0n) is 11.0. The number of allylic oxidation sites excluding steroid dienone is 1. The fourth-order valence-corrected chi connectivity index (χ4v) is 1.86. The summed E-state index contributed by atoms with van der Waals surface area (Å²) in [5, 5.41) is 0. The number of amides is 1. The van der Waals surface area contributed by atoms with E-state index in [0.717, 1.165) is 41.1 Å². The number of halogens is 1. The van der Waals surface area contributed by atoms with E-state index in [4.69, 9.17) is 0 Å². The molecule has 1 amide bonds. The maximum atomic E-state index is 11.0. The number of hydrogen-bond donors (Lipinski definition) is 0. The van der Waals surface area contributed by atoms with E-state index in [9.17, 15) is 4.79 Å². The molecule has 0 spiro atoms. The molecule has 0 radical (unpaired) electrons. The molecule has 0 N–H and O–H groups in total. The standard InChI is InChI=1S/C13H18BrN3O/c1-5-10(14)8-17-12(7-3)15-11(6-2)13(17)16(4)9-18/h7-9H,3,5-6H2,1-2,4H3/b10-8+. The Bertz CT molecular complexity index is 477. The van der Waals surface area contributed by atoms with Crippen LogP contribution in [0.4, 0.5) is 5.82 Å². The van der Waals surface area contributed by atoms with Crippen LogP contribution in [-0.4, -0.2) is 23.0 Å². The van der Waals surface area contributed by atoms with Gasteiger partial charge in [0.25, 0.3) is 0 Å². The third-order valence-electron chi connectivity index (χ3n) is 2.60. The van der Waals surface area contributed by atoms with E-state index >= 15 is 0 Å². The number of hydrogen-bond acceptors (Lipinski definition) is 2. The van der Waals surface area contributed by atoms with Gasteiger partial charge < -0.3 is 4.90 Å². The van der Waals surface area contributed by atoms with Gasteiger partial charge in [-0.15, -0.1) is 0 Å². The van der Waals surface area contributed by atoms with Gasteiger partial charge in [0.1, 0.15) is 11.6 Å². The number of imidazole rings is 1. The Morgan fingerprint density at radius 3 is 2.67 bits per heavy atom. The molecule has 0 saturated heterocycles. The number of aryl methyl sites for hydroxylation is 1. The molecule has 0 aliphatic rings. The highest BCUT2D eigenvalue weighted by molar-refractivity contribution is 9.11. The summed E-state index contributed by atoms with van der Waals surface area (Å²) in [5.74, 6) is 1.52. The summed E-state index contributed by atoms with van der Waals surface area (Å²) >= 11 is 3.48. The molecule has 0 aliphatic heterocycles. The van der Waals surface area contributed by atoms with Gasteiger partial charge >= 0.3 is 0 Å². The summed E-state index contributed by atoms with van der Waals surface area (Å²) < 4.78 is 2.92. The minimum atomic E-state index is 0.737. The van der Waals surface area contributed by atoms with Crippen LogP contribution in [-0.2, 0) is 11.2 Å². The molecule has 5 heteroatoms. The molecule has 0 aliphatic carbocycles. The summed E-state index contributed by atoms with van der Waals surface area (Å²) in [4.78, 5) is 17.0. The molecule has 1 rings (SSSR count). The van der Waals surface area contributed by atoms with Gasteiger partial charge in [-0.3, -0.25) is 9.36 Å². The Morgan fingerprint density at radius 2 is 2.22 bits per heavy atom. The summed E-state index contributed by atoms with van der Waals surface area (Å²) in [5.41, 5.74) is 0.882. The molecule has 1 heterocycles. The molecule has 1 aromatic rings. The maximum Gasteiger partial charge on any atom is 0.215 e. The van der Waals surface area contributed by atoms with Crippen molar-refractivity contribution in [1.82, 2.24) is 9.55 Å². The number of anilines is 1. The van der Waals surface area contributed by atoms with Crippen molar-refractivity contribution in [3.63, 3.8) is 0 Å². The van der Waals surface area contributed by atoms with Crippen molar-refractivity contribution in [2.45, 2.75) is 26.7 Å². The fraction of sp³-hybridized carbons (Fsp3) is 0.385. The number of aromatic nitrogens is 2. The van der Waals surface area contributed by atoms with Crippen molar-refractivity contribution in [2.75, 3.05) is 11.9 Å². The molecule has 0 aromatic carbocycles. The first-order chi connectivity index (χ1) is 8.58. The molecular weight excluding hydrogens is 294 g/mol. The van der Waals surface area contributed by atoms with E-state index < -0.39 is 0 Å². The van der Waals surface area contributed by atoms with Crippen molar-refractivity contribution >= 4 is 40.4 Å². The van der Waals surface area contributed by atoms with Crippen LogP contribution < -0.4 is 4.90 Å². The van der Waals surface area contributed by atoms with E-state index in [2.05, 4.69) is 34.4 Å². The van der Waals surface area contributed by atoms with Crippen LogP contribution >= 0.6 is 15.9 Å². The lowest BCUT2D eigenvalue weighted by Crippen LogP contribution is -2.18. The number of nitrogens with zero attached hydrogens (tertiary/aromatic N) is 3. The first-order valence-electron chi connectivity index (χ1n) is 5.86. The molecule has 0 atom stereocenters. The SMILES string of the molecule is C=Cc1nc(CC)c(N(C)C=O)n1/C=C(/Br)CC.